The summed E-state index contributed by atoms with van der Waals surface area (Å²) in [6.07, 6.45) is 2.20. The maximum atomic E-state index is 13.1. The van der Waals surface area contributed by atoms with Crippen molar-refractivity contribution in [2.45, 2.75) is 4.90 Å². The van der Waals surface area contributed by atoms with Crippen LogP contribution in [0.4, 0.5) is 4.39 Å². The third kappa shape index (κ3) is 1.92. The Bertz CT molecular complexity index is 551. The molecule has 1 aromatic heterocycles. The van der Waals surface area contributed by atoms with Crippen LogP contribution in [-0.2, 0) is 10.0 Å². The summed E-state index contributed by atoms with van der Waals surface area (Å²) in [6.45, 7) is 2.74. The Morgan fingerprint density at radius 2 is 1.94 bits per heavy atom. The zero-order valence-electron chi connectivity index (χ0n) is 9.71. The van der Waals surface area contributed by atoms with Crippen LogP contribution in [-0.4, -0.2) is 43.9 Å². The molecular formula is C11H14FN3O2S. The van der Waals surface area contributed by atoms with Crippen molar-refractivity contribution in [1.29, 1.82) is 0 Å². The molecule has 1 N–H and O–H groups in total. The number of hydrogen-bond acceptors (Lipinski definition) is 4. The fourth-order valence-corrected chi connectivity index (χ4v) is 4.22. The Labute approximate surface area is 105 Å². The number of rotatable bonds is 2. The molecule has 0 unspecified atom stereocenters. The molecule has 2 fully saturated rings. The normalized spacial score (nSPS) is 28.5. The van der Waals surface area contributed by atoms with E-state index in [2.05, 4.69) is 10.3 Å². The maximum Gasteiger partial charge on any atom is 0.244 e. The summed E-state index contributed by atoms with van der Waals surface area (Å²) in [4.78, 5) is 3.54. The second-order valence-corrected chi connectivity index (χ2v) is 6.78. The van der Waals surface area contributed by atoms with E-state index in [4.69, 9.17) is 0 Å². The van der Waals surface area contributed by atoms with Gasteiger partial charge in [0, 0.05) is 19.3 Å². The molecule has 1 aromatic rings. The summed E-state index contributed by atoms with van der Waals surface area (Å²) >= 11 is 0. The van der Waals surface area contributed by atoms with Crippen molar-refractivity contribution in [2.75, 3.05) is 26.2 Å². The zero-order chi connectivity index (χ0) is 12.8. The van der Waals surface area contributed by atoms with Crippen molar-refractivity contribution in [3.8, 4) is 0 Å². The molecular weight excluding hydrogens is 257 g/mol. The van der Waals surface area contributed by atoms with Gasteiger partial charge in [-0.05, 0) is 31.0 Å². The number of sulfonamides is 1. The first kappa shape index (κ1) is 12.0. The minimum Gasteiger partial charge on any atom is -0.316 e. The number of fused-ring (bicyclic) bond motifs is 1. The van der Waals surface area contributed by atoms with Crippen LogP contribution in [0.25, 0.3) is 0 Å². The van der Waals surface area contributed by atoms with Crippen LogP contribution in [0.1, 0.15) is 0 Å². The Morgan fingerprint density at radius 1 is 1.28 bits per heavy atom. The molecule has 7 heteroatoms. The molecule has 2 saturated heterocycles. The van der Waals surface area contributed by atoms with Crippen LogP contribution in [0.5, 0.6) is 0 Å². The van der Waals surface area contributed by atoms with E-state index in [9.17, 15) is 12.8 Å². The molecule has 3 heterocycles. The molecule has 0 radical (unpaired) electrons. The fourth-order valence-electron chi connectivity index (χ4n) is 2.69. The molecule has 2 aliphatic heterocycles. The smallest absolute Gasteiger partial charge is 0.244 e. The molecule has 5 nitrogen and oxygen atoms in total. The van der Waals surface area contributed by atoms with Gasteiger partial charge in [-0.25, -0.2) is 12.8 Å². The van der Waals surface area contributed by atoms with Crippen molar-refractivity contribution in [3.05, 3.63) is 24.3 Å². The van der Waals surface area contributed by atoms with E-state index in [1.165, 1.54) is 10.5 Å². The first-order chi connectivity index (χ1) is 8.57. The fraction of sp³-hybridized carbons (Fsp3) is 0.545. The van der Waals surface area contributed by atoms with E-state index in [-0.39, 0.29) is 4.90 Å². The quantitative estimate of drug-likeness (QED) is 0.826. The SMILES string of the molecule is O=S(=O)(c1cncc(F)c1)N1C[C@@H]2CNC[C@H]2C1. The Morgan fingerprint density at radius 3 is 2.56 bits per heavy atom. The lowest BCUT2D eigenvalue weighted by Crippen LogP contribution is -2.32. The predicted octanol–water partition coefficient (Wildman–Crippen LogP) is 0.0606. The summed E-state index contributed by atoms with van der Waals surface area (Å²) in [7, 11) is -3.60. The number of aromatic nitrogens is 1. The van der Waals surface area contributed by atoms with E-state index < -0.39 is 15.8 Å². The highest BCUT2D eigenvalue weighted by molar-refractivity contribution is 7.89. The minimum atomic E-state index is -3.60. The van der Waals surface area contributed by atoms with Crippen LogP contribution in [0.3, 0.4) is 0 Å². The first-order valence-corrected chi connectivity index (χ1v) is 7.33. The third-order valence-corrected chi connectivity index (χ3v) is 5.47. The summed E-state index contributed by atoms with van der Waals surface area (Å²) < 4.78 is 39.1. The second-order valence-electron chi connectivity index (χ2n) is 4.84. The van der Waals surface area contributed by atoms with E-state index in [0.717, 1.165) is 25.4 Å². The molecule has 0 bridgehead atoms. The Kier molecular flexibility index (Phi) is 2.84. The largest absolute Gasteiger partial charge is 0.316 e. The molecule has 3 rings (SSSR count). The van der Waals surface area contributed by atoms with Gasteiger partial charge >= 0.3 is 0 Å². The van der Waals surface area contributed by atoms with E-state index in [1.807, 2.05) is 0 Å². The highest BCUT2D eigenvalue weighted by Gasteiger charge is 2.41. The molecule has 0 saturated carbocycles. The molecule has 0 spiro atoms. The van der Waals surface area contributed by atoms with Crippen LogP contribution >= 0.6 is 0 Å². The van der Waals surface area contributed by atoms with Gasteiger partial charge in [0.25, 0.3) is 0 Å². The molecule has 2 atom stereocenters. The van der Waals surface area contributed by atoms with Gasteiger partial charge < -0.3 is 5.32 Å². The lowest BCUT2D eigenvalue weighted by Gasteiger charge is -2.17. The number of hydrogen-bond donors (Lipinski definition) is 1. The number of nitrogens with zero attached hydrogens (tertiary/aromatic N) is 2. The number of pyridine rings is 1. The molecule has 0 aromatic carbocycles. The summed E-state index contributed by atoms with van der Waals surface area (Å²) in [5.74, 6) is 0.125. The van der Waals surface area contributed by atoms with Crippen molar-refractivity contribution in [2.24, 2.45) is 11.8 Å². The molecule has 18 heavy (non-hydrogen) atoms. The monoisotopic (exact) mass is 271 g/mol. The average Bonchev–Trinajstić information content (AvgIpc) is 2.89. The number of halogens is 1. The summed E-state index contributed by atoms with van der Waals surface area (Å²) in [6, 6.07) is 1.02. The second kappa shape index (κ2) is 4.25. The topological polar surface area (TPSA) is 62.3 Å². The van der Waals surface area contributed by atoms with E-state index >= 15 is 0 Å². The van der Waals surface area contributed by atoms with Gasteiger partial charge in [-0.15, -0.1) is 0 Å². The first-order valence-electron chi connectivity index (χ1n) is 5.89. The van der Waals surface area contributed by atoms with Crippen molar-refractivity contribution in [3.63, 3.8) is 0 Å². The number of nitrogens with one attached hydrogen (secondary N) is 1. The van der Waals surface area contributed by atoms with Gasteiger partial charge in [-0.1, -0.05) is 0 Å². The Balaban J connectivity index is 1.87. The van der Waals surface area contributed by atoms with Gasteiger partial charge in [-0.2, -0.15) is 4.31 Å². The highest BCUT2D eigenvalue weighted by atomic mass is 32.2. The summed E-state index contributed by atoms with van der Waals surface area (Å²) in [5.41, 5.74) is 0. The van der Waals surface area contributed by atoms with Gasteiger partial charge in [0.05, 0.1) is 6.20 Å². The minimum absolute atomic E-state index is 0.0598. The van der Waals surface area contributed by atoms with Gasteiger partial charge in [0.2, 0.25) is 10.0 Å². The van der Waals surface area contributed by atoms with E-state index in [0.29, 0.717) is 24.9 Å². The van der Waals surface area contributed by atoms with Crippen LogP contribution in [0.15, 0.2) is 23.4 Å². The average molecular weight is 271 g/mol. The van der Waals surface area contributed by atoms with E-state index in [1.54, 1.807) is 0 Å². The van der Waals surface area contributed by atoms with Gasteiger partial charge in [0.1, 0.15) is 10.7 Å². The predicted molar refractivity (Wildman–Crippen MR) is 62.8 cm³/mol. The van der Waals surface area contributed by atoms with Crippen LogP contribution in [0.2, 0.25) is 0 Å². The van der Waals surface area contributed by atoms with Crippen LogP contribution < -0.4 is 5.32 Å². The zero-order valence-corrected chi connectivity index (χ0v) is 10.5. The molecule has 2 aliphatic rings. The molecule has 98 valence electrons. The lowest BCUT2D eigenvalue weighted by atomic mass is 10.0. The van der Waals surface area contributed by atoms with Crippen molar-refractivity contribution < 1.29 is 12.8 Å². The third-order valence-electron chi connectivity index (χ3n) is 3.67. The molecule has 0 amide bonds. The standard InChI is InChI=1S/C11H14FN3O2S/c12-10-1-11(5-14-4-10)18(16,17)15-6-8-2-13-3-9(8)7-15/h1,4-5,8-9,13H,2-3,6-7H2/t8-,9-/m0/s1. The highest BCUT2D eigenvalue weighted by Crippen LogP contribution is 2.30. The van der Waals surface area contributed by atoms with Crippen LogP contribution in [0, 0.1) is 17.7 Å². The van der Waals surface area contributed by atoms with Crippen molar-refractivity contribution in [1.82, 2.24) is 14.6 Å². The lowest BCUT2D eigenvalue weighted by molar-refractivity contribution is 0.447. The van der Waals surface area contributed by atoms with Crippen molar-refractivity contribution >= 4 is 10.0 Å². The summed E-state index contributed by atoms with van der Waals surface area (Å²) in [5, 5.41) is 3.25. The van der Waals surface area contributed by atoms with Gasteiger partial charge in [-0.3, -0.25) is 4.98 Å². The molecule has 0 aliphatic carbocycles. The maximum absolute atomic E-state index is 13.1. The van der Waals surface area contributed by atoms with Gasteiger partial charge in [0.15, 0.2) is 0 Å². The Hall–Kier alpha value is -1.05.